The molecule has 2 heterocycles. The van der Waals surface area contributed by atoms with Gasteiger partial charge in [-0.15, -0.1) is 0 Å². The van der Waals surface area contributed by atoms with Gasteiger partial charge in [0, 0.05) is 18.8 Å². The van der Waals surface area contributed by atoms with Crippen molar-refractivity contribution in [2.24, 2.45) is 0 Å². The van der Waals surface area contributed by atoms with E-state index in [4.69, 9.17) is 5.73 Å². The summed E-state index contributed by atoms with van der Waals surface area (Å²) in [4.78, 5) is 21.5. The zero-order chi connectivity index (χ0) is 13.9. The van der Waals surface area contributed by atoms with Crippen LogP contribution < -0.4 is 16.6 Å². The van der Waals surface area contributed by atoms with Gasteiger partial charge < -0.3 is 16.0 Å². The normalized spacial score (nSPS) is 15.8. The maximum Gasteiger partial charge on any atom is 0.260 e. The molecule has 1 aliphatic heterocycles. The molecule has 1 saturated heterocycles. The molecule has 106 valence electrons. The van der Waals surface area contributed by atoms with E-state index in [1.807, 2.05) is 0 Å². The van der Waals surface area contributed by atoms with Gasteiger partial charge in [-0.3, -0.25) is 9.78 Å². The molecular weight excluding hydrogens is 254 g/mol. The van der Waals surface area contributed by atoms with E-state index < -0.39 is 0 Å². The van der Waals surface area contributed by atoms with E-state index in [-0.39, 0.29) is 5.56 Å². The number of hydrogen-bond donors (Lipinski definition) is 3. The number of aromatic nitrogens is 2. The van der Waals surface area contributed by atoms with Gasteiger partial charge in [-0.05, 0) is 44.1 Å². The van der Waals surface area contributed by atoms with E-state index in [2.05, 4.69) is 20.2 Å². The summed E-state index contributed by atoms with van der Waals surface area (Å²) in [6.07, 6.45) is 2.57. The predicted octanol–water partition coefficient (Wildman–Crippen LogP) is 1.01. The van der Waals surface area contributed by atoms with Crippen molar-refractivity contribution in [1.82, 2.24) is 14.9 Å². The fourth-order valence-electron chi connectivity index (χ4n) is 2.58. The molecule has 2 aromatic rings. The van der Waals surface area contributed by atoms with Crippen LogP contribution in [0.4, 0.5) is 11.6 Å². The van der Waals surface area contributed by atoms with Gasteiger partial charge in [0.1, 0.15) is 0 Å². The summed E-state index contributed by atoms with van der Waals surface area (Å²) in [6.45, 7) is 4.10. The number of anilines is 2. The number of hydrogen-bond acceptors (Lipinski definition) is 5. The highest BCUT2D eigenvalue weighted by molar-refractivity contribution is 5.81. The smallest absolute Gasteiger partial charge is 0.260 e. The minimum atomic E-state index is -0.161. The van der Waals surface area contributed by atoms with E-state index in [0.717, 1.165) is 13.1 Å². The molecule has 0 radical (unpaired) electrons. The third-order valence-corrected chi connectivity index (χ3v) is 3.65. The molecule has 0 amide bonds. The first kappa shape index (κ1) is 12.9. The summed E-state index contributed by atoms with van der Waals surface area (Å²) in [6, 6.07) is 5.17. The van der Waals surface area contributed by atoms with Crippen LogP contribution in [0.25, 0.3) is 10.9 Å². The lowest BCUT2D eigenvalue weighted by Gasteiger charge is -2.14. The van der Waals surface area contributed by atoms with Crippen molar-refractivity contribution in [3.8, 4) is 0 Å². The van der Waals surface area contributed by atoms with Crippen LogP contribution in [0.1, 0.15) is 12.8 Å². The monoisotopic (exact) mass is 273 g/mol. The van der Waals surface area contributed by atoms with Crippen LogP contribution in [0.3, 0.4) is 0 Å². The van der Waals surface area contributed by atoms with E-state index in [0.29, 0.717) is 22.5 Å². The SMILES string of the molecule is Nc1ccc2nc(NCCN3CCCC3)[nH]c(=O)c2c1. The van der Waals surface area contributed by atoms with Gasteiger partial charge in [-0.1, -0.05) is 0 Å². The van der Waals surface area contributed by atoms with Gasteiger partial charge in [-0.2, -0.15) is 0 Å². The number of rotatable bonds is 4. The number of nitrogens with two attached hydrogens (primary N) is 1. The third-order valence-electron chi connectivity index (χ3n) is 3.65. The number of nitrogen functional groups attached to an aromatic ring is 1. The molecule has 0 unspecified atom stereocenters. The number of nitrogens with zero attached hydrogens (tertiary/aromatic N) is 2. The maximum atomic E-state index is 12.0. The van der Waals surface area contributed by atoms with Gasteiger partial charge in [0.05, 0.1) is 10.9 Å². The van der Waals surface area contributed by atoms with E-state index >= 15 is 0 Å². The molecule has 0 saturated carbocycles. The molecule has 0 atom stereocenters. The predicted molar refractivity (Wildman–Crippen MR) is 80.9 cm³/mol. The second-order valence-electron chi connectivity index (χ2n) is 5.17. The van der Waals surface area contributed by atoms with Crippen molar-refractivity contribution in [1.29, 1.82) is 0 Å². The zero-order valence-corrected chi connectivity index (χ0v) is 11.4. The summed E-state index contributed by atoms with van der Waals surface area (Å²) in [5.74, 6) is 0.520. The fraction of sp³-hybridized carbons (Fsp3) is 0.429. The number of nitrogens with one attached hydrogen (secondary N) is 2. The molecule has 0 aliphatic carbocycles. The van der Waals surface area contributed by atoms with Gasteiger partial charge >= 0.3 is 0 Å². The number of aromatic amines is 1. The Kier molecular flexibility index (Phi) is 3.56. The molecule has 20 heavy (non-hydrogen) atoms. The average Bonchev–Trinajstić information content (AvgIpc) is 2.93. The van der Waals surface area contributed by atoms with Crippen LogP contribution in [-0.4, -0.2) is 41.0 Å². The molecule has 0 spiro atoms. The van der Waals surface area contributed by atoms with E-state index in [1.165, 1.54) is 25.9 Å². The Hall–Kier alpha value is -2.08. The molecule has 4 N–H and O–H groups in total. The van der Waals surface area contributed by atoms with Crippen molar-refractivity contribution in [2.75, 3.05) is 37.2 Å². The Morgan fingerprint density at radius 3 is 2.95 bits per heavy atom. The molecule has 6 nitrogen and oxygen atoms in total. The third kappa shape index (κ3) is 2.75. The lowest BCUT2D eigenvalue weighted by Crippen LogP contribution is -2.27. The van der Waals surface area contributed by atoms with Crippen LogP contribution in [0.15, 0.2) is 23.0 Å². The number of fused-ring (bicyclic) bond motifs is 1. The summed E-state index contributed by atoms with van der Waals surface area (Å²) in [5.41, 5.74) is 6.75. The van der Waals surface area contributed by atoms with E-state index in [1.54, 1.807) is 18.2 Å². The summed E-state index contributed by atoms with van der Waals surface area (Å²) >= 11 is 0. The van der Waals surface area contributed by atoms with Crippen molar-refractivity contribution >= 4 is 22.5 Å². The topological polar surface area (TPSA) is 87.0 Å². The van der Waals surface area contributed by atoms with Crippen LogP contribution in [0.5, 0.6) is 0 Å². The molecule has 1 aromatic carbocycles. The highest BCUT2D eigenvalue weighted by Gasteiger charge is 2.10. The Morgan fingerprint density at radius 1 is 1.35 bits per heavy atom. The average molecular weight is 273 g/mol. The highest BCUT2D eigenvalue weighted by Crippen LogP contribution is 2.12. The van der Waals surface area contributed by atoms with Crippen LogP contribution in [-0.2, 0) is 0 Å². The van der Waals surface area contributed by atoms with Gasteiger partial charge in [0.25, 0.3) is 5.56 Å². The molecule has 1 fully saturated rings. The number of likely N-dealkylation sites (tertiary alicyclic amines) is 1. The summed E-state index contributed by atoms with van der Waals surface area (Å²) in [5, 5.41) is 3.70. The first-order valence-electron chi connectivity index (χ1n) is 6.98. The van der Waals surface area contributed by atoms with Gasteiger partial charge in [0.2, 0.25) is 5.95 Å². The largest absolute Gasteiger partial charge is 0.399 e. The molecule has 6 heteroatoms. The molecule has 0 bridgehead atoms. The first-order chi connectivity index (χ1) is 9.72. The lowest BCUT2D eigenvalue weighted by atomic mass is 10.2. The summed E-state index contributed by atoms with van der Waals surface area (Å²) < 4.78 is 0. The second-order valence-corrected chi connectivity index (χ2v) is 5.17. The van der Waals surface area contributed by atoms with Crippen LogP contribution in [0.2, 0.25) is 0 Å². The minimum absolute atomic E-state index is 0.161. The Bertz CT molecular complexity index is 660. The second kappa shape index (κ2) is 5.50. The van der Waals surface area contributed by atoms with Crippen LogP contribution in [0, 0.1) is 0 Å². The summed E-state index contributed by atoms with van der Waals surface area (Å²) in [7, 11) is 0. The van der Waals surface area contributed by atoms with Crippen molar-refractivity contribution in [3.63, 3.8) is 0 Å². The quantitative estimate of drug-likeness (QED) is 0.724. The Labute approximate surface area is 117 Å². The Balaban J connectivity index is 1.72. The standard InChI is InChI=1S/C14H19N5O/c15-10-3-4-12-11(9-10)13(20)18-14(17-12)16-5-8-19-6-1-2-7-19/h3-4,9H,1-2,5-8,15H2,(H2,16,17,18,20). The number of benzene rings is 1. The Morgan fingerprint density at radius 2 is 2.15 bits per heavy atom. The highest BCUT2D eigenvalue weighted by atomic mass is 16.1. The fourth-order valence-corrected chi connectivity index (χ4v) is 2.58. The van der Waals surface area contributed by atoms with Gasteiger partial charge in [0.15, 0.2) is 0 Å². The molecule has 1 aromatic heterocycles. The van der Waals surface area contributed by atoms with E-state index in [9.17, 15) is 4.79 Å². The molecule has 1 aliphatic rings. The van der Waals surface area contributed by atoms with Crippen molar-refractivity contribution in [3.05, 3.63) is 28.6 Å². The van der Waals surface area contributed by atoms with Crippen LogP contribution >= 0.6 is 0 Å². The maximum absolute atomic E-state index is 12.0. The lowest BCUT2D eigenvalue weighted by molar-refractivity contribution is 0.352. The molecule has 3 rings (SSSR count). The van der Waals surface area contributed by atoms with Crippen molar-refractivity contribution in [2.45, 2.75) is 12.8 Å². The minimum Gasteiger partial charge on any atom is -0.399 e. The van der Waals surface area contributed by atoms with Crippen molar-refractivity contribution < 1.29 is 0 Å². The van der Waals surface area contributed by atoms with Gasteiger partial charge in [-0.25, -0.2) is 4.98 Å². The zero-order valence-electron chi connectivity index (χ0n) is 11.4. The number of H-pyrrole nitrogens is 1. The molecular formula is C14H19N5O. The first-order valence-corrected chi connectivity index (χ1v) is 6.98.